The van der Waals surface area contributed by atoms with Crippen LogP contribution in [-0.4, -0.2) is 35.2 Å². The summed E-state index contributed by atoms with van der Waals surface area (Å²) in [5, 5.41) is 10.1. The molecule has 0 aliphatic rings. The van der Waals surface area contributed by atoms with E-state index in [0.29, 0.717) is 13.3 Å². The fourth-order valence-corrected chi connectivity index (χ4v) is 1.23. The van der Waals surface area contributed by atoms with Gasteiger partial charge < -0.3 is 16.2 Å². The van der Waals surface area contributed by atoms with E-state index < -0.39 is 23.6 Å². The summed E-state index contributed by atoms with van der Waals surface area (Å²) >= 11 is 0. The van der Waals surface area contributed by atoms with Crippen molar-refractivity contribution in [2.75, 3.05) is 6.54 Å². The Hall–Kier alpha value is -1.31. The number of carbonyl (C=O) groups is 2. The summed E-state index contributed by atoms with van der Waals surface area (Å²) in [7, 11) is 0. The van der Waals surface area contributed by atoms with E-state index in [1.54, 1.807) is 6.92 Å². The summed E-state index contributed by atoms with van der Waals surface area (Å²) in [6.07, 6.45) is -4.77. The lowest BCUT2D eigenvalue weighted by Gasteiger charge is -2.29. The van der Waals surface area contributed by atoms with Crippen molar-refractivity contribution < 1.29 is 27.9 Å². The van der Waals surface area contributed by atoms with Crippen LogP contribution in [0.25, 0.3) is 0 Å². The Morgan fingerprint density at radius 1 is 1.39 bits per heavy atom. The normalized spacial score (nSPS) is 16.8. The Labute approximate surface area is 103 Å². The van der Waals surface area contributed by atoms with Crippen LogP contribution in [-0.2, 0) is 9.59 Å². The quantitative estimate of drug-likeness (QED) is 0.668. The van der Waals surface area contributed by atoms with Crippen molar-refractivity contribution >= 4 is 11.9 Å². The molecule has 2 atom stereocenters. The third-order valence-corrected chi connectivity index (χ3v) is 2.77. The molecule has 0 aromatic heterocycles. The van der Waals surface area contributed by atoms with Crippen molar-refractivity contribution in [2.45, 2.75) is 38.4 Å². The third kappa shape index (κ3) is 3.86. The lowest BCUT2D eigenvalue weighted by Crippen LogP contribution is -2.62. The Morgan fingerprint density at radius 3 is 2.17 bits per heavy atom. The molecule has 2 unspecified atom stereocenters. The van der Waals surface area contributed by atoms with Gasteiger partial charge in [-0.25, -0.2) is 4.79 Å². The van der Waals surface area contributed by atoms with Gasteiger partial charge in [-0.2, -0.15) is 13.2 Å². The average molecular weight is 270 g/mol. The topological polar surface area (TPSA) is 92.4 Å². The third-order valence-electron chi connectivity index (χ3n) is 2.77. The molecule has 0 aromatic carbocycles. The smallest absolute Gasteiger partial charge is 0.422 e. The molecule has 0 radical (unpaired) electrons. The highest BCUT2D eigenvalue weighted by Crippen LogP contribution is 2.30. The zero-order valence-corrected chi connectivity index (χ0v) is 10.2. The first-order valence-electron chi connectivity index (χ1n) is 5.39. The number of alkyl halides is 3. The van der Waals surface area contributed by atoms with Gasteiger partial charge in [0.05, 0.1) is 0 Å². The predicted octanol–water partition coefficient (Wildman–Crippen LogP) is 0.883. The zero-order valence-electron chi connectivity index (χ0n) is 10.2. The first-order valence-corrected chi connectivity index (χ1v) is 5.39. The van der Waals surface area contributed by atoms with Crippen LogP contribution in [0, 0.1) is 5.92 Å². The zero-order chi connectivity index (χ0) is 14.6. The Balaban J connectivity index is 4.82. The van der Waals surface area contributed by atoms with E-state index in [-0.39, 0.29) is 18.9 Å². The number of hydrogen-bond donors (Lipinski definition) is 3. The van der Waals surface area contributed by atoms with E-state index in [1.165, 1.54) is 5.32 Å². The molecule has 0 aliphatic carbocycles. The van der Waals surface area contributed by atoms with Gasteiger partial charge in [0.15, 0.2) is 0 Å². The van der Waals surface area contributed by atoms with Crippen LogP contribution >= 0.6 is 0 Å². The monoisotopic (exact) mass is 270 g/mol. The molecule has 0 aliphatic heterocycles. The van der Waals surface area contributed by atoms with Gasteiger partial charge in [-0.05, 0) is 19.4 Å². The summed E-state index contributed by atoms with van der Waals surface area (Å²) < 4.78 is 37.8. The summed E-state index contributed by atoms with van der Waals surface area (Å²) in [4.78, 5) is 22.1. The number of nitrogens with one attached hydrogen (secondary N) is 1. The van der Waals surface area contributed by atoms with E-state index in [2.05, 4.69) is 0 Å². The molecule has 8 heteroatoms. The summed E-state index contributed by atoms with van der Waals surface area (Å²) in [5.41, 5.74) is 2.04. The molecule has 0 spiro atoms. The number of carbonyl (C=O) groups excluding carboxylic acids is 1. The Bertz CT molecular complexity index is 316. The van der Waals surface area contributed by atoms with Crippen LogP contribution in [0.2, 0.25) is 0 Å². The number of halogens is 3. The van der Waals surface area contributed by atoms with Gasteiger partial charge in [-0.1, -0.05) is 13.3 Å². The first-order chi connectivity index (χ1) is 8.08. The summed E-state index contributed by atoms with van der Waals surface area (Å²) in [5.74, 6) is -3.39. The molecular weight excluding hydrogens is 253 g/mol. The molecule has 0 saturated heterocycles. The highest BCUT2D eigenvalue weighted by molar-refractivity contribution is 5.87. The van der Waals surface area contributed by atoms with Crippen molar-refractivity contribution in [1.29, 1.82) is 0 Å². The number of rotatable bonds is 6. The van der Waals surface area contributed by atoms with Crippen molar-refractivity contribution in [3.8, 4) is 0 Å². The van der Waals surface area contributed by atoms with E-state index in [0.717, 1.165) is 0 Å². The first kappa shape index (κ1) is 16.7. The van der Waals surface area contributed by atoms with Gasteiger partial charge in [0.1, 0.15) is 0 Å². The number of amides is 1. The van der Waals surface area contributed by atoms with E-state index in [9.17, 15) is 22.8 Å². The van der Waals surface area contributed by atoms with Crippen LogP contribution < -0.4 is 11.1 Å². The van der Waals surface area contributed by atoms with Crippen LogP contribution in [0.4, 0.5) is 13.2 Å². The van der Waals surface area contributed by atoms with E-state index in [4.69, 9.17) is 10.8 Å². The van der Waals surface area contributed by atoms with Crippen molar-refractivity contribution in [3.05, 3.63) is 0 Å². The van der Waals surface area contributed by atoms with Crippen LogP contribution in [0.1, 0.15) is 26.7 Å². The molecule has 18 heavy (non-hydrogen) atoms. The number of carboxylic acids is 1. The fraction of sp³-hybridized carbons (Fsp3) is 0.800. The predicted molar refractivity (Wildman–Crippen MR) is 57.7 cm³/mol. The van der Waals surface area contributed by atoms with Crippen LogP contribution in [0.15, 0.2) is 0 Å². The fourth-order valence-electron chi connectivity index (χ4n) is 1.23. The van der Waals surface area contributed by atoms with Gasteiger partial charge in [0.25, 0.3) is 0 Å². The van der Waals surface area contributed by atoms with Crippen LogP contribution in [0.5, 0.6) is 0 Å². The minimum Gasteiger partial charge on any atom is -0.479 e. The highest BCUT2D eigenvalue weighted by atomic mass is 19.4. The van der Waals surface area contributed by atoms with Crippen LogP contribution in [0.3, 0.4) is 0 Å². The summed E-state index contributed by atoms with van der Waals surface area (Å²) in [6.45, 7) is 2.31. The molecule has 0 rings (SSSR count). The molecule has 1 amide bonds. The molecule has 4 N–H and O–H groups in total. The maximum Gasteiger partial charge on any atom is 0.422 e. The Kier molecular flexibility index (Phi) is 5.59. The minimum absolute atomic E-state index is 0.153. The van der Waals surface area contributed by atoms with Gasteiger partial charge in [-0.3, -0.25) is 4.79 Å². The number of hydrogen-bond acceptors (Lipinski definition) is 3. The second-order valence-electron chi connectivity index (χ2n) is 4.19. The molecule has 5 nitrogen and oxygen atoms in total. The minimum atomic E-state index is -5.07. The number of nitrogens with two attached hydrogens (primary N) is 1. The molecule has 0 heterocycles. The average Bonchev–Trinajstić information content (AvgIpc) is 2.23. The molecule has 0 fully saturated rings. The summed E-state index contributed by atoms with van der Waals surface area (Å²) in [6, 6.07) is 0. The van der Waals surface area contributed by atoms with Crippen molar-refractivity contribution in [3.63, 3.8) is 0 Å². The lowest BCUT2D eigenvalue weighted by atomic mass is 9.98. The second-order valence-corrected chi connectivity index (χ2v) is 4.19. The van der Waals surface area contributed by atoms with E-state index >= 15 is 0 Å². The lowest BCUT2D eigenvalue weighted by molar-refractivity contribution is -0.207. The SMILES string of the molecule is CCC(CN)CC(=O)NC(C)(C(=O)O)C(F)(F)F. The van der Waals surface area contributed by atoms with Gasteiger partial charge in [-0.15, -0.1) is 0 Å². The molecule has 0 aromatic rings. The van der Waals surface area contributed by atoms with Gasteiger partial charge in [0.2, 0.25) is 11.4 Å². The maximum atomic E-state index is 12.6. The van der Waals surface area contributed by atoms with E-state index in [1.807, 2.05) is 0 Å². The number of carboxylic acid groups (broad SMARTS) is 1. The highest BCUT2D eigenvalue weighted by Gasteiger charge is 2.58. The maximum absolute atomic E-state index is 12.6. The standard InChI is InChI=1S/C10H17F3N2O3/c1-3-6(5-14)4-7(16)15-9(2,8(17)18)10(11,12)13/h6H,3-5,14H2,1-2H3,(H,15,16)(H,17,18). The molecule has 0 bridgehead atoms. The van der Waals surface area contributed by atoms with Crippen molar-refractivity contribution in [1.82, 2.24) is 5.32 Å². The van der Waals surface area contributed by atoms with Gasteiger partial charge >= 0.3 is 12.1 Å². The Morgan fingerprint density at radius 2 is 1.89 bits per heavy atom. The van der Waals surface area contributed by atoms with Gasteiger partial charge in [0, 0.05) is 6.42 Å². The number of aliphatic carboxylic acids is 1. The second kappa shape index (κ2) is 6.03. The molecule has 0 saturated carbocycles. The van der Waals surface area contributed by atoms with Crippen molar-refractivity contribution in [2.24, 2.45) is 11.7 Å². The molecule has 106 valence electrons. The molecular formula is C10H17F3N2O3. The largest absolute Gasteiger partial charge is 0.479 e.